The van der Waals surface area contributed by atoms with E-state index < -0.39 is 39.8 Å². The number of benzene rings is 2. The maximum Gasteiger partial charge on any atom is 0.573 e. The zero-order valence-corrected chi connectivity index (χ0v) is 19.5. The summed E-state index contributed by atoms with van der Waals surface area (Å²) in [7, 11) is -2.71. The molecule has 0 saturated heterocycles. The summed E-state index contributed by atoms with van der Waals surface area (Å²) in [5.41, 5.74) is 0.626. The second kappa shape index (κ2) is 10.1. The second-order valence-corrected chi connectivity index (χ2v) is 9.77. The predicted octanol–water partition coefficient (Wildman–Crippen LogP) is 3.07. The molecule has 14 heteroatoms. The summed E-state index contributed by atoms with van der Waals surface area (Å²) in [5.74, 6) is -1.37. The molecule has 1 amide bonds. The van der Waals surface area contributed by atoms with Crippen molar-refractivity contribution in [3.05, 3.63) is 53.0 Å². The number of rotatable bonds is 9. The number of carbonyl (C=O) groups is 1. The van der Waals surface area contributed by atoms with Crippen molar-refractivity contribution in [3.8, 4) is 5.75 Å². The Kier molecular flexibility index (Phi) is 7.63. The maximum absolute atomic E-state index is 12.9. The Balaban J connectivity index is 1.78. The third-order valence-corrected chi connectivity index (χ3v) is 6.77. The molecular formula is C20H20F3N3O6S2. The highest BCUT2D eigenvalue weighted by Crippen LogP contribution is 2.24. The van der Waals surface area contributed by atoms with Crippen LogP contribution in [0.15, 0.2) is 56.6 Å². The maximum atomic E-state index is 12.9. The summed E-state index contributed by atoms with van der Waals surface area (Å²) >= 11 is 1.40. The molecule has 0 aliphatic carbocycles. The Hall–Kier alpha value is -2.97. The number of oxazole rings is 1. The first-order valence-corrected chi connectivity index (χ1v) is 12.5. The van der Waals surface area contributed by atoms with Crippen LogP contribution in [0.3, 0.4) is 0 Å². The molecule has 0 unspecified atom stereocenters. The van der Waals surface area contributed by atoms with Crippen LogP contribution in [0.2, 0.25) is 0 Å². The van der Waals surface area contributed by atoms with E-state index in [1.54, 1.807) is 6.26 Å². The van der Waals surface area contributed by atoms with Crippen LogP contribution < -0.4 is 20.5 Å². The molecule has 0 spiro atoms. The predicted molar refractivity (Wildman–Crippen MR) is 120 cm³/mol. The van der Waals surface area contributed by atoms with E-state index in [1.165, 1.54) is 53.7 Å². The number of aromatic nitrogens is 1. The number of nitrogens with one attached hydrogen (secondary N) is 2. The number of hydrogen-bond acceptors (Lipinski definition) is 7. The SMILES string of the molecule is CSCC[C@@H](NS(=O)(=O)c1ccc2c(c1)oc(=O)n2C)C(=O)Nc1ccc(OC(F)(F)F)cc1. The van der Waals surface area contributed by atoms with Gasteiger partial charge in [-0.2, -0.15) is 16.5 Å². The molecule has 0 bridgehead atoms. The molecule has 184 valence electrons. The van der Waals surface area contributed by atoms with Crippen LogP contribution >= 0.6 is 11.8 Å². The second-order valence-electron chi connectivity index (χ2n) is 7.07. The zero-order valence-electron chi connectivity index (χ0n) is 17.9. The monoisotopic (exact) mass is 519 g/mol. The van der Waals surface area contributed by atoms with E-state index in [1.807, 2.05) is 0 Å². The van der Waals surface area contributed by atoms with Crippen LogP contribution in [0.4, 0.5) is 18.9 Å². The van der Waals surface area contributed by atoms with Gasteiger partial charge in [-0.3, -0.25) is 9.36 Å². The Labute approximate surface area is 196 Å². The average molecular weight is 520 g/mol. The van der Waals surface area contributed by atoms with Crippen LogP contribution in [0.1, 0.15) is 6.42 Å². The number of carbonyl (C=O) groups excluding carboxylic acids is 1. The molecular weight excluding hydrogens is 499 g/mol. The van der Waals surface area contributed by atoms with E-state index in [4.69, 9.17) is 4.42 Å². The van der Waals surface area contributed by atoms with E-state index in [2.05, 4.69) is 14.8 Å². The molecule has 1 atom stereocenters. The molecule has 0 saturated carbocycles. The molecule has 9 nitrogen and oxygen atoms in total. The number of hydrogen-bond donors (Lipinski definition) is 2. The minimum Gasteiger partial charge on any atom is -0.408 e. The minimum atomic E-state index is -4.85. The minimum absolute atomic E-state index is 0.0710. The van der Waals surface area contributed by atoms with Gasteiger partial charge in [-0.05, 0) is 54.8 Å². The lowest BCUT2D eigenvalue weighted by Gasteiger charge is -2.18. The van der Waals surface area contributed by atoms with Gasteiger partial charge in [-0.25, -0.2) is 13.2 Å². The number of alkyl halides is 3. The lowest BCUT2D eigenvalue weighted by atomic mass is 10.2. The summed E-state index contributed by atoms with van der Waals surface area (Å²) in [5, 5.41) is 2.48. The van der Waals surface area contributed by atoms with Crippen molar-refractivity contribution in [1.29, 1.82) is 0 Å². The number of sulfonamides is 1. The van der Waals surface area contributed by atoms with Crippen LogP contribution in [-0.2, 0) is 21.9 Å². The molecule has 3 rings (SSSR count). The summed E-state index contributed by atoms with van der Waals surface area (Å²) in [6, 6.07) is 7.14. The number of amides is 1. The van der Waals surface area contributed by atoms with Crippen LogP contribution in [0.5, 0.6) is 5.75 Å². The van der Waals surface area contributed by atoms with E-state index in [0.717, 1.165) is 12.1 Å². The van der Waals surface area contributed by atoms with Crippen molar-refractivity contribution in [2.75, 3.05) is 17.3 Å². The number of halogens is 3. The van der Waals surface area contributed by atoms with Gasteiger partial charge in [-0.15, -0.1) is 13.2 Å². The summed E-state index contributed by atoms with van der Waals surface area (Å²) in [6.07, 6.45) is -2.92. The molecule has 0 fully saturated rings. The number of fused-ring (bicyclic) bond motifs is 1. The fourth-order valence-corrected chi connectivity index (χ4v) is 4.70. The topological polar surface area (TPSA) is 120 Å². The van der Waals surface area contributed by atoms with Gasteiger partial charge in [0.05, 0.1) is 10.4 Å². The highest BCUT2D eigenvalue weighted by Gasteiger charge is 2.31. The highest BCUT2D eigenvalue weighted by molar-refractivity contribution is 7.98. The standard InChI is InChI=1S/C20H20F3N3O6S2/c1-26-16-8-7-14(11-17(16)31-19(26)28)34(29,30)25-15(9-10-33-2)18(27)24-12-3-5-13(6-4-12)32-20(21,22)23/h3-8,11,15,25H,9-10H2,1-2H3,(H,24,27)/t15-/m1/s1. The first-order valence-electron chi connectivity index (χ1n) is 9.67. The van der Waals surface area contributed by atoms with Crippen molar-refractivity contribution >= 4 is 44.5 Å². The molecule has 34 heavy (non-hydrogen) atoms. The lowest BCUT2D eigenvalue weighted by Crippen LogP contribution is -2.44. The van der Waals surface area contributed by atoms with Crippen molar-refractivity contribution < 1.29 is 35.5 Å². The van der Waals surface area contributed by atoms with Crippen molar-refractivity contribution in [2.24, 2.45) is 7.05 Å². The van der Waals surface area contributed by atoms with Gasteiger partial charge in [0.25, 0.3) is 0 Å². The first kappa shape index (κ1) is 25.6. The van der Waals surface area contributed by atoms with Gasteiger partial charge in [-0.1, -0.05) is 0 Å². The lowest BCUT2D eigenvalue weighted by molar-refractivity contribution is -0.274. The Morgan fingerprint density at radius 1 is 1.21 bits per heavy atom. The van der Waals surface area contributed by atoms with Crippen molar-refractivity contribution in [3.63, 3.8) is 0 Å². The van der Waals surface area contributed by atoms with E-state index in [9.17, 15) is 31.2 Å². The molecule has 1 aromatic heterocycles. The molecule has 2 aromatic carbocycles. The Morgan fingerprint density at radius 2 is 1.88 bits per heavy atom. The third kappa shape index (κ3) is 6.33. The van der Waals surface area contributed by atoms with E-state index >= 15 is 0 Å². The van der Waals surface area contributed by atoms with Gasteiger partial charge < -0.3 is 14.5 Å². The largest absolute Gasteiger partial charge is 0.573 e. The molecule has 3 aromatic rings. The fourth-order valence-electron chi connectivity index (χ4n) is 2.99. The van der Waals surface area contributed by atoms with Gasteiger partial charge in [0.2, 0.25) is 15.9 Å². The number of anilines is 1. The molecule has 0 aliphatic heterocycles. The molecule has 1 heterocycles. The van der Waals surface area contributed by atoms with Gasteiger partial charge in [0.1, 0.15) is 11.8 Å². The number of aryl methyl sites for hydroxylation is 1. The fraction of sp³-hybridized carbons (Fsp3) is 0.300. The normalized spacial score (nSPS) is 13.1. The number of nitrogens with zero attached hydrogens (tertiary/aromatic N) is 1. The highest BCUT2D eigenvalue weighted by atomic mass is 32.2. The smallest absolute Gasteiger partial charge is 0.408 e. The van der Waals surface area contributed by atoms with Gasteiger partial charge in [0.15, 0.2) is 5.58 Å². The number of thioether (sulfide) groups is 1. The zero-order chi connectivity index (χ0) is 25.1. The van der Waals surface area contributed by atoms with Gasteiger partial charge >= 0.3 is 12.1 Å². The summed E-state index contributed by atoms with van der Waals surface area (Å²) in [4.78, 5) is 24.2. The van der Waals surface area contributed by atoms with Crippen molar-refractivity contribution in [1.82, 2.24) is 9.29 Å². The Morgan fingerprint density at radius 3 is 2.50 bits per heavy atom. The summed E-state index contributed by atoms with van der Waals surface area (Å²) in [6.45, 7) is 0. The molecule has 0 aliphatic rings. The summed E-state index contributed by atoms with van der Waals surface area (Å²) < 4.78 is 75.1. The molecule has 2 N–H and O–H groups in total. The van der Waals surface area contributed by atoms with Crippen LogP contribution in [0.25, 0.3) is 11.1 Å². The van der Waals surface area contributed by atoms with Crippen LogP contribution in [0, 0.1) is 0 Å². The first-order chi connectivity index (χ1) is 15.9. The average Bonchev–Trinajstić information content (AvgIpc) is 3.04. The van der Waals surface area contributed by atoms with E-state index in [-0.39, 0.29) is 22.6 Å². The quantitative estimate of drug-likeness (QED) is 0.446. The van der Waals surface area contributed by atoms with Crippen LogP contribution in [-0.4, -0.2) is 43.3 Å². The third-order valence-electron chi connectivity index (χ3n) is 4.65. The van der Waals surface area contributed by atoms with Gasteiger partial charge in [0, 0.05) is 18.8 Å². The molecule has 0 radical (unpaired) electrons. The van der Waals surface area contributed by atoms with E-state index in [0.29, 0.717) is 11.3 Å². The number of ether oxygens (including phenoxy) is 1. The Bertz CT molecular complexity index is 1330. The van der Waals surface area contributed by atoms with Crippen molar-refractivity contribution in [2.45, 2.75) is 23.7 Å².